The van der Waals surface area contributed by atoms with Crippen LogP contribution in [-0.2, 0) is 17.8 Å². The van der Waals surface area contributed by atoms with E-state index in [1.165, 1.54) is 0 Å². The van der Waals surface area contributed by atoms with Crippen LogP contribution in [-0.4, -0.2) is 56.9 Å². The van der Waals surface area contributed by atoms with Gasteiger partial charge in [-0.25, -0.2) is 4.79 Å². The second-order valence-corrected chi connectivity index (χ2v) is 9.31. The van der Waals surface area contributed by atoms with Gasteiger partial charge < -0.3 is 19.6 Å². The summed E-state index contributed by atoms with van der Waals surface area (Å²) in [5.41, 5.74) is 2.20. The SMILES string of the molecule is CCOCCCC1(O)SC[C@H]2[C@@H]1N(Cc1ccccc1)C(=O)N2Cc1ccccc1. The number of carbonyl (C=O) groups is 1. The molecule has 2 fully saturated rings. The Morgan fingerprint density at radius 1 is 1.03 bits per heavy atom. The van der Waals surface area contributed by atoms with Crippen LogP contribution >= 0.6 is 11.8 Å². The molecule has 0 aliphatic carbocycles. The summed E-state index contributed by atoms with van der Waals surface area (Å²) >= 11 is 1.59. The highest BCUT2D eigenvalue weighted by Gasteiger charge is 2.59. The number of benzene rings is 2. The maximum atomic E-state index is 13.5. The first-order chi connectivity index (χ1) is 14.6. The van der Waals surface area contributed by atoms with E-state index in [9.17, 15) is 9.90 Å². The van der Waals surface area contributed by atoms with Gasteiger partial charge in [-0.1, -0.05) is 60.7 Å². The average Bonchev–Trinajstić information content (AvgIpc) is 3.24. The van der Waals surface area contributed by atoms with Gasteiger partial charge in [0.15, 0.2) is 0 Å². The van der Waals surface area contributed by atoms with Gasteiger partial charge in [0.25, 0.3) is 0 Å². The first-order valence-electron chi connectivity index (χ1n) is 10.7. The number of hydrogen-bond donors (Lipinski definition) is 1. The third-order valence-electron chi connectivity index (χ3n) is 5.98. The Bertz CT molecular complexity index is 835. The zero-order valence-electron chi connectivity index (χ0n) is 17.4. The normalized spacial score (nSPS) is 25.7. The van der Waals surface area contributed by atoms with Crippen LogP contribution in [0.25, 0.3) is 0 Å². The van der Waals surface area contributed by atoms with Crippen molar-refractivity contribution < 1.29 is 14.6 Å². The first-order valence-corrected chi connectivity index (χ1v) is 11.7. The third-order valence-corrected chi connectivity index (χ3v) is 7.43. The van der Waals surface area contributed by atoms with E-state index in [1.54, 1.807) is 11.8 Å². The van der Waals surface area contributed by atoms with Crippen LogP contribution in [0.5, 0.6) is 0 Å². The first kappa shape index (κ1) is 21.2. The molecule has 0 saturated carbocycles. The minimum absolute atomic E-state index is 0.00325. The lowest BCUT2D eigenvalue weighted by atomic mass is 9.98. The van der Waals surface area contributed by atoms with Gasteiger partial charge in [-0.15, -0.1) is 11.8 Å². The van der Waals surface area contributed by atoms with E-state index in [1.807, 2.05) is 65.3 Å². The fourth-order valence-corrected chi connectivity index (χ4v) is 6.11. The van der Waals surface area contributed by atoms with Gasteiger partial charge in [0, 0.05) is 32.1 Å². The van der Waals surface area contributed by atoms with Crippen molar-refractivity contribution in [3.63, 3.8) is 0 Å². The van der Waals surface area contributed by atoms with Crippen molar-refractivity contribution >= 4 is 17.8 Å². The Kier molecular flexibility index (Phi) is 6.66. The van der Waals surface area contributed by atoms with Gasteiger partial charge in [-0.2, -0.15) is 0 Å². The lowest BCUT2D eigenvalue weighted by Crippen LogP contribution is -2.48. The number of ether oxygens (including phenoxy) is 1. The number of thioether (sulfide) groups is 1. The zero-order chi connectivity index (χ0) is 21.0. The van der Waals surface area contributed by atoms with Crippen LogP contribution in [0.2, 0.25) is 0 Å². The number of nitrogens with zero attached hydrogens (tertiary/aromatic N) is 2. The molecule has 2 saturated heterocycles. The Morgan fingerprint density at radius 2 is 1.63 bits per heavy atom. The number of urea groups is 1. The molecular weight excluding hydrogens is 396 g/mol. The monoisotopic (exact) mass is 426 g/mol. The molecule has 1 unspecified atom stereocenters. The molecule has 2 aromatic rings. The predicted octanol–water partition coefficient (Wildman–Crippen LogP) is 4.11. The van der Waals surface area contributed by atoms with Crippen molar-refractivity contribution in [2.45, 2.75) is 49.9 Å². The smallest absolute Gasteiger partial charge is 0.321 e. The van der Waals surface area contributed by atoms with Gasteiger partial charge in [0.05, 0.1) is 12.1 Å². The molecule has 2 heterocycles. The van der Waals surface area contributed by atoms with Crippen molar-refractivity contribution in [1.29, 1.82) is 0 Å². The van der Waals surface area contributed by atoms with Crippen molar-refractivity contribution in [3.05, 3.63) is 71.8 Å². The number of amides is 2. The van der Waals surface area contributed by atoms with Gasteiger partial charge in [-0.3, -0.25) is 0 Å². The van der Waals surface area contributed by atoms with Crippen molar-refractivity contribution in [3.8, 4) is 0 Å². The van der Waals surface area contributed by atoms with Crippen LogP contribution in [0.3, 0.4) is 0 Å². The Balaban J connectivity index is 1.58. The molecule has 0 aromatic heterocycles. The van der Waals surface area contributed by atoms with Crippen molar-refractivity contribution in [1.82, 2.24) is 9.80 Å². The highest BCUT2D eigenvalue weighted by molar-refractivity contribution is 8.00. The van der Waals surface area contributed by atoms with E-state index in [4.69, 9.17) is 4.74 Å². The minimum atomic E-state index is -0.947. The zero-order valence-corrected chi connectivity index (χ0v) is 18.3. The maximum absolute atomic E-state index is 13.5. The molecule has 2 amide bonds. The summed E-state index contributed by atoms with van der Waals surface area (Å²) in [7, 11) is 0. The van der Waals surface area contributed by atoms with Crippen molar-refractivity contribution in [2.75, 3.05) is 19.0 Å². The molecule has 2 aromatic carbocycles. The largest absolute Gasteiger partial charge is 0.382 e. The van der Waals surface area contributed by atoms with Crippen LogP contribution in [0.1, 0.15) is 30.9 Å². The van der Waals surface area contributed by atoms with Crippen LogP contribution in [0.15, 0.2) is 60.7 Å². The van der Waals surface area contributed by atoms with Gasteiger partial charge in [0.1, 0.15) is 4.93 Å². The Labute approximate surface area is 183 Å². The summed E-state index contributed by atoms with van der Waals surface area (Å²) in [6, 6.07) is 19.9. The molecule has 4 rings (SSSR count). The molecule has 6 heteroatoms. The third kappa shape index (κ3) is 4.36. The average molecular weight is 427 g/mol. The molecule has 2 aliphatic heterocycles. The van der Waals surface area contributed by atoms with E-state index in [2.05, 4.69) is 12.1 Å². The summed E-state index contributed by atoms with van der Waals surface area (Å²) in [6.07, 6.45) is 1.41. The van der Waals surface area contributed by atoms with E-state index >= 15 is 0 Å². The van der Waals surface area contributed by atoms with Crippen LogP contribution < -0.4 is 0 Å². The van der Waals surface area contributed by atoms with Gasteiger partial charge in [-0.05, 0) is 30.9 Å². The van der Waals surface area contributed by atoms with Crippen molar-refractivity contribution in [2.24, 2.45) is 0 Å². The molecule has 0 spiro atoms. The Hall–Kier alpha value is -2.02. The van der Waals surface area contributed by atoms with Gasteiger partial charge in [0.2, 0.25) is 0 Å². The van der Waals surface area contributed by atoms with E-state index in [-0.39, 0.29) is 18.1 Å². The minimum Gasteiger partial charge on any atom is -0.382 e. The summed E-state index contributed by atoms with van der Waals surface area (Å²) in [5, 5.41) is 11.6. The predicted molar refractivity (Wildman–Crippen MR) is 120 cm³/mol. The maximum Gasteiger partial charge on any atom is 0.321 e. The van der Waals surface area contributed by atoms with Crippen LogP contribution in [0, 0.1) is 0 Å². The molecule has 5 nitrogen and oxygen atoms in total. The number of rotatable bonds is 9. The summed E-state index contributed by atoms with van der Waals surface area (Å²) < 4.78 is 5.48. The van der Waals surface area contributed by atoms with E-state index in [0.29, 0.717) is 32.7 Å². The van der Waals surface area contributed by atoms with E-state index in [0.717, 1.165) is 23.3 Å². The summed E-state index contributed by atoms with van der Waals surface area (Å²) in [5.74, 6) is 0.750. The second kappa shape index (κ2) is 9.41. The molecule has 3 atom stereocenters. The quantitative estimate of drug-likeness (QED) is 0.484. The molecule has 0 radical (unpaired) electrons. The molecular formula is C24H30N2O3S. The number of fused-ring (bicyclic) bond motifs is 1. The number of hydrogen-bond acceptors (Lipinski definition) is 4. The molecule has 160 valence electrons. The fraction of sp³-hybridized carbons (Fsp3) is 0.458. The number of carbonyl (C=O) groups excluding carboxylic acids is 1. The highest BCUT2D eigenvalue weighted by Crippen LogP contribution is 2.48. The van der Waals surface area contributed by atoms with E-state index < -0.39 is 4.93 Å². The Morgan fingerprint density at radius 3 is 2.23 bits per heavy atom. The highest BCUT2D eigenvalue weighted by atomic mass is 32.2. The van der Waals surface area contributed by atoms with Crippen LogP contribution in [0.4, 0.5) is 4.79 Å². The standard InChI is InChI=1S/C24H30N2O3S/c1-2-29-15-9-14-24(28)22-21(18-30-24)25(16-19-10-5-3-6-11-19)23(27)26(22)17-20-12-7-4-8-13-20/h3-8,10-13,21-22,28H,2,9,14-18H2,1H3/t21-,22-,24?/m0/s1. The lowest BCUT2D eigenvalue weighted by molar-refractivity contribution is 0.0344. The lowest BCUT2D eigenvalue weighted by Gasteiger charge is -2.34. The fourth-order valence-electron chi connectivity index (χ4n) is 4.55. The summed E-state index contributed by atoms with van der Waals surface area (Å²) in [4.78, 5) is 16.4. The topological polar surface area (TPSA) is 53.0 Å². The molecule has 2 aliphatic rings. The van der Waals surface area contributed by atoms with Gasteiger partial charge >= 0.3 is 6.03 Å². The molecule has 0 bridgehead atoms. The summed E-state index contributed by atoms with van der Waals surface area (Å²) in [6.45, 7) is 4.38. The molecule has 1 N–H and O–H groups in total. The molecule has 30 heavy (non-hydrogen) atoms. The second-order valence-electron chi connectivity index (χ2n) is 7.98. The number of aliphatic hydroxyl groups is 1.